The van der Waals surface area contributed by atoms with E-state index >= 15 is 0 Å². The van der Waals surface area contributed by atoms with E-state index in [2.05, 4.69) is 9.97 Å². The molecule has 100 valence electrons. The number of nitrogens with two attached hydrogens (primary N) is 1. The van der Waals surface area contributed by atoms with Gasteiger partial charge >= 0.3 is 0 Å². The van der Waals surface area contributed by atoms with Crippen LogP contribution >= 0.6 is 11.6 Å². The maximum atomic E-state index is 6.30. The van der Waals surface area contributed by atoms with Crippen LogP contribution in [0.15, 0.2) is 12.1 Å². The Labute approximate surface area is 117 Å². The van der Waals surface area contributed by atoms with Crippen molar-refractivity contribution in [3.05, 3.63) is 34.0 Å². The van der Waals surface area contributed by atoms with Crippen molar-refractivity contribution in [1.29, 1.82) is 0 Å². The molecule has 0 radical (unpaired) electrons. The number of aryl methyl sites for hydroxylation is 2. The lowest BCUT2D eigenvalue weighted by Crippen LogP contribution is -2.01. The third-order valence-electron chi connectivity index (χ3n) is 2.96. The maximum absolute atomic E-state index is 6.30. The van der Waals surface area contributed by atoms with Gasteiger partial charge in [-0.25, -0.2) is 9.97 Å². The number of hydrogen-bond acceptors (Lipinski definition) is 4. The molecule has 0 atom stereocenters. The Morgan fingerprint density at radius 2 is 1.84 bits per heavy atom. The number of benzene rings is 1. The standard InChI is InChI=1S/C14H16ClN3O/c1-7-5-10(19-4)12(9(3)13(7)15)14-17-8(2)6-11(16)18-14/h5-6H,1-4H3,(H2,16,17,18). The predicted octanol–water partition coefficient (Wildman–Crippen LogP) is 3.31. The van der Waals surface area contributed by atoms with Crippen LogP contribution in [0.5, 0.6) is 5.75 Å². The molecule has 1 heterocycles. The first-order valence-electron chi connectivity index (χ1n) is 5.89. The van der Waals surface area contributed by atoms with Crippen molar-refractivity contribution in [2.75, 3.05) is 12.8 Å². The van der Waals surface area contributed by atoms with Gasteiger partial charge in [0.05, 0.1) is 12.7 Å². The van der Waals surface area contributed by atoms with Gasteiger partial charge in [-0.05, 0) is 38.0 Å². The van der Waals surface area contributed by atoms with Crippen molar-refractivity contribution in [3.8, 4) is 17.1 Å². The molecule has 4 nitrogen and oxygen atoms in total. The average molecular weight is 278 g/mol. The lowest BCUT2D eigenvalue weighted by molar-refractivity contribution is 0.415. The Hall–Kier alpha value is -1.81. The number of nitrogens with zero attached hydrogens (tertiary/aromatic N) is 2. The minimum Gasteiger partial charge on any atom is -0.496 e. The van der Waals surface area contributed by atoms with Crippen molar-refractivity contribution < 1.29 is 4.74 Å². The van der Waals surface area contributed by atoms with E-state index in [-0.39, 0.29) is 0 Å². The zero-order chi connectivity index (χ0) is 14.2. The summed E-state index contributed by atoms with van der Waals surface area (Å²) in [7, 11) is 1.62. The minimum absolute atomic E-state index is 0.431. The van der Waals surface area contributed by atoms with Gasteiger partial charge in [0.2, 0.25) is 0 Å². The number of nitrogen functional groups attached to an aromatic ring is 1. The van der Waals surface area contributed by atoms with Crippen LogP contribution in [0, 0.1) is 20.8 Å². The van der Waals surface area contributed by atoms with Crippen molar-refractivity contribution in [3.63, 3.8) is 0 Å². The van der Waals surface area contributed by atoms with E-state index in [1.807, 2.05) is 26.8 Å². The Bertz CT molecular complexity index is 621. The second kappa shape index (κ2) is 5.05. The van der Waals surface area contributed by atoms with Crippen molar-refractivity contribution in [1.82, 2.24) is 9.97 Å². The second-order valence-corrected chi connectivity index (χ2v) is 4.85. The molecule has 0 unspecified atom stereocenters. The quantitative estimate of drug-likeness (QED) is 0.915. The molecule has 0 fully saturated rings. The lowest BCUT2D eigenvalue weighted by Gasteiger charge is -2.14. The predicted molar refractivity (Wildman–Crippen MR) is 77.7 cm³/mol. The number of anilines is 1. The molecule has 0 aliphatic rings. The SMILES string of the molecule is COc1cc(C)c(Cl)c(C)c1-c1nc(C)cc(N)n1. The van der Waals surface area contributed by atoms with Crippen LogP contribution in [-0.2, 0) is 0 Å². The maximum Gasteiger partial charge on any atom is 0.165 e. The molecule has 2 N–H and O–H groups in total. The number of halogens is 1. The van der Waals surface area contributed by atoms with Gasteiger partial charge in [-0.15, -0.1) is 0 Å². The molecule has 1 aromatic carbocycles. The molecule has 1 aromatic heterocycles. The fourth-order valence-electron chi connectivity index (χ4n) is 2.07. The van der Waals surface area contributed by atoms with Crippen LogP contribution in [0.2, 0.25) is 5.02 Å². The molecule has 0 aliphatic carbocycles. The normalized spacial score (nSPS) is 10.6. The summed E-state index contributed by atoms with van der Waals surface area (Å²) in [6.45, 7) is 5.74. The van der Waals surface area contributed by atoms with Crippen LogP contribution in [0.4, 0.5) is 5.82 Å². The summed E-state index contributed by atoms with van der Waals surface area (Å²) >= 11 is 6.30. The fourth-order valence-corrected chi connectivity index (χ4v) is 2.22. The van der Waals surface area contributed by atoms with Gasteiger partial charge < -0.3 is 10.5 Å². The molecule has 19 heavy (non-hydrogen) atoms. The van der Waals surface area contributed by atoms with Gasteiger partial charge in [-0.2, -0.15) is 0 Å². The van der Waals surface area contributed by atoms with E-state index in [1.165, 1.54) is 0 Å². The van der Waals surface area contributed by atoms with E-state index in [9.17, 15) is 0 Å². The van der Waals surface area contributed by atoms with Gasteiger partial charge in [-0.1, -0.05) is 11.6 Å². The topological polar surface area (TPSA) is 61.0 Å². The van der Waals surface area contributed by atoms with Crippen LogP contribution in [0.3, 0.4) is 0 Å². The Kier molecular flexibility index (Phi) is 3.62. The highest BCUT2D eigenvalue weighted by Gasteiger charge is 2.17. The molecule has 0 aliphatic heterocycles. The smallest absolute Gasteiger partial charge is 0.165 e. The summed E-state index contributed by atoms with van der Waals surface area (Å²) in [6, 6.07) is 3.60. The summed E-state index contributed by atoms with van der Waals surface area (Å²) in [4.78, 5) is 8.69. The van der Waals surface area contributed by atoms with Crippen molar-refractivity contribution in [2.24, 2.45) is 0 Å². The van der Waals surface area contributed by atoms with Crippen molar-refractivity contribution >= 4 is 17.4 Å². The minimum atomic E-state index is 0.431. The largest absolute Gasteiger partial charge is 0.496 e. The number of hydrogen-bond donors (Lipinski definition) is 1. The van der Waals surface area contributed by atoms with Crippen molar-refractivity contribution in [2.45, 2.75) is 20.8 Å². The van der Waals surface area contributed by atoms with Gasteiger partial charge in [-0.3, -0.25) is 0 Å². The monoisotopic (exact) mass is 277 g/mol. The number of rotatable bonds is 2. The molecular formula is C14H16ClN3O. The third kappa shape index (κ3) is 2.49. The van der Waals surface area contributed by atoms with Crippen LogP contribution < -0.4 is 10.5 Å². The second-order valence-electron chi connectivity index (χ2n) is 4.47. The van der Waals surface area contributed by atoms with Gasteiger partial charge in [0.15, 0.2) is 5.82 Å². The van der Waals surface area contributed by atoms with Gasteiger partial charge in [0, 0.05) is 16.8 Å². The zero-order valence-corrected chi connectivity index (χ0v) is 12.2. The van der Waals surface area contributed by atoms with E-state index in [0.29, 0.717) is 22.4 Å². The molecular weight excluding hydrogens is 262 g/mol. The van der Waals surface area contributed by atoms with Crippen LogP contribution in [-0.4, -0.2) is 17.1 Å². The summed E-state index contributed by atoms with van der Waals surface area (Å²) < 4.78 is 5.42. The Morgan fingerprint density at radius 3 is 2.42 bits per heavy atom. The lowest BCUT2D eigenvalue weighted by atomic mass is 10.0. The van der Waals surface area contributed by atoms with Gasteiger partial charge in [0.1, 0.15) is 11.6 Å². The van der Waals surface area contributed by atoms with E-state index in [4.69, 9.17) is 22.1 Å². The fraction of sp³-hybridized carbons (Fsp3) is 0.286. The molecule has 0 bridgehead atoms. The third-order valence-corrected chi connectivity index (χ3v) is 3.54. The van der Waals surface area contributed by atoms with Crippen LogP contribution in [0.25, 0.3) is 11.4 Å². The molecule has 2 aromatic rings. The highest BCUT2D eigenvalue weighted by molar-refractivity contribution is 6.32. The van der Waals surface area contributed by atoms with Gasteiger partial charge in [0.25, 0.3) is 0 Å². The zero-order valence-electron chi connectivity index (χ0n) is 11.4. The molecule has 0 spiro atoms. The summed E-state index contributed by atoms with van der Waals surface area (Å²) in [5, 5.41) is 0.694. The molecule has 0 saturated heterocycles. The molecule has 2 rings (SSSR count). The average Bonchev–Trinajstić information content (AvgIpc) is 2.34. The first kappa shape index (κ1) is 13.6. The Morgan fingerprint density at radius 1 is 1.16 bits per heavy atom. The highest BCUT2D eigenvalue weighted by atomic mass is 35.5. The first-order chi connectivity index (χ1) is 8.93. The molecule has 0 amide bonds. The van der Waals surface area contributed by atoms with E-state index in [0.717, 1.165) is 22.4 Å². The summed E-state index contributed by atoms with van der Waals surface area (Å²) in [6.07, 6.45) is 0. The highest BCUT2D eigenvalue weighted by Crippen LogP contribution is 2.37. The van der Waals surface area contributed by atoms with Crippen LogP contribution in [0.1, 0.15) is 16.8 Å². The molecule has 5 heteroatoms. The molecule has 0 saturated carbocycles. The first-order valence-corrected chi connectivity index (χ1v) is 6.27. The van der Waals surface area contributed by atoms with E-state index < -0.39 is 0 Å². The Balaban J connectivity index is 2.77. The summed E-state index contributed by atoms with van der Waals surface area (Å²) in [5.74, 6) is 1.67. The number of ether oxygens (including phenoxy) is 1. The number of aromatic nitrogens is 2. The number of methoxy groups -OCH3 is 1. The van der Waals surface area contributed by atoms with E-state index in [1.54, 1.807) is 13.2 Å². The summed E-state index contributed by atoms with van der Waals surface area (Å²) in [5.41, 5.74) is 9.22.